The molecule has 0 heterocycles. The van der Waals surface area contributed by atoms with E-state index in [1.807, 2.05) is 19.1 Å². The summed E-state index contributed by atoms with van der Waals surface area (Å²) in [6, 6.07) is 6.80. The molecule has 0 radical (unpaired) electrons. The topological polar surface area (TPSA) is 61.8 Å². The average molecular weight is 256 g/mol. The zero-order valence-corrected chi connectivity index (χ0v) is 10.3. The van der Waals surface area contributed by atoms with Gasteiger partial charge in [-0.1, -0.05) is 19.1 Å². The number of halogens is 1. The fourth-order valence-corrected chi connectivity index (χ4v) is 1.43. The van der Waals surface area contributed by atoms with Gasteiger partial charge >= 0.3 is 6.03 Å². The summed E-state index contributed by atoms with van der Waals surface area (Å²) in [6.45, 7) is 2.13. The summed E-state index contributed by atoms with van der Waals surface area (Å²) in [5.74, 6) is 0.161. The highest BCUT2D eigenvalue weighted by Gasteiger charge is 2.12. The molecule has 0 aliphatic heterocycles. The third kappa shape index (κ3) is 4.03. The van der Waals surface area contributed by atoms with Crippen molar-refractivity contribution >= 4 is 23.3 Å². The molecule has 5 nitrogen and oxygen atoms in total. The van der Waals surface area contributed by atoms with E-state index in [1.165, 1.54) is 5.56 Å². The third-order valence-corrected chi connectivity index (χ3v) is 2.41. The summed E-state index contributed by atoms with van der Waals surface area (Å²) in [4.78, 5) is 21.9. The van der Waals surface area contributed by atoms with E-state index >= 15 is 0 Å². The van der Waals surface area contributed by atoms with Gasteiger partial charge in [0.15, 0.2) is 0 Å². The lowest BCUT2D eigenvalue weighted by molar-refractivity contribution is 0.216. The standard InChI is InChI=1S/C11H14ClN3O2/c1-2-9-3-5-10(6-4-9)13-11(16)15(14-17)8-7-12/h3-6H,2,7-8H2,1H3,(H,13,16). The van der Waals surface area contributed by atoms with Gasteiger partial charge in [0.05, 0.1) is 11.8 Å². The van der Waals surface area contributed by atoms with Gasteiger partial charge in [0.1, 0.15) is 0 Å². The predicted molar refractivity (Wildman–Crippen MR) is 68.1 cm³/mol. The molecule has 0 aliphatic carbocycles. The van der Waals surface area contributed by atoms with Crippen LogP contribution < -0.4 is 5.32 Å². The second-order valence-corrected chi connectivity index (χ2v) is 3.75. The van der Waals surface area contributed by atoms with Crippen LogP contribution in [0.4, 0.5) is 10.5 Å². The van der Waals surface area contributed by atoms with Crippen molar-refractivity contribution in [3.8, 4) is 0 Å². The number of urea groups is 1. The van der Waals surface area contributed by atoms with Crippen molar-refractivity contribution in [2.75, 3.05) is 17.7 Å². The van der Waals surface area contributed by atoms with E-state index in [-0.39, 0.29) is 12.4 Å². The van der Waals surface area contributed by atoms with E-state index in [0.29, 0.717) is 5.69 Å². The molecule has 1 aromatic rings. The summed E-state index contributed by atoms with van der Waals surface area (Å²) in [5.41, 5.74) is 1.80. The molecule has 17 heavy (non-hydrogen) atoms. The third-order valence-electron chi connectivity index (χ3n) is 2.24. The van der Waals surface area contributed by atoms with Crippen molar-refractivity contribution in [2.45, 2.75) is 13.3 Å². The van der Waals surface area contributed by atoms with Gasteiger partial charge in [-0.3, -0.25) is 0 Å². The summed E-state index contributed by atoms with van der Waals surface area (Å²) in [5, 5.41) is 5.91. The lowest BCUT2D eigenvalue weighted by atomic mass is 10.1. The highest BCUT2D eigenvalue weighted by molar-refractivity contribution is 6.18. The number of carbonyl (C=O) groups is 1. The van der Waals surface area contributed by atoms with Gasteiger partial charge in [0.2, 0.25) is 0 Å². The molecule has 0 unspecified atom stereocenters. The summed E-state index contributed by atoms with van der Waals surface area (Å²) in [6.07, 6.45) is 0.933. The second-order valence-electron chi connectivity index (χ2n) is 3.37. The van der Waals surface area contributed by atoms with Gasteiger partial charge in [-0.2, -0.15) is 5.01 Å². The van der Waals surface area contributed by atoms with Crippen LogP contribution in [0.25, 0.3) is 0 Å². The molecule has 0 bridgehead atoms. The van der Waals surface area contributed by atoms with Gasteiger partial charge in [-0.05, 0) is 24.1 Å². The number of carbonyl (C=O) groups excluding carboxylic acids is 1. The Balaban J connectivity index is 2.63. The van der Waals surface area contributed by atoms with Gasteiger partial charge < -0.3 is 5.32 Å². The molecule has 0 spiro atoms. The van der Waals surface area contributed by atoms with E-state index < -0.39 is 6.03 Å². The Morgan fingerprint density at radius 3 is 2.53 bits per heavy atom. The molecule has 2 amide bonds. The zero-order chi connectivity index (χ0) is 12.7. The van der Waals surface area contributed by atoms with Crippen LogP contribution in [0, 0.1) is 4.91 Å². The first-order valence-corrected chi connectivity index (χ1v) is 5.81. The molecule has 0 saturated carbocycles. The number of aryl methyl sites for hydroxylation is 1. The lowest BCUT2D eigenvalue weighted by Crippen LogP contribution is -2.31. The Kier molecular flexibility index (Phi) is 5.42. The van der Waals surface area contributed by atoms with Crippen molar-refractivity contribution in [3.63, 3.8) is 0 Å². The van der Waals surface area contributed by atoms with Crippen LogP contribution in [0.2, 0.25) is 0 Å². The monoisotopic (exact) mass is 255 g/mol. The molecule has 1 N–H and O–H groups in total. The molecule has 1 aromatic carbocycles. The second kappa shape index (κ2) is 6.85. The van der Waals surface area contributed by atoms with Crippen LogP contribution in [0.3, 0.4) is 0 Å². The van der Waals surface area contributed by atoms with Crippen LogP contribution in [0.1, 0.15) is 12.5 Å². The van der Waals surface area contributed by atoms with Crippen molar-refractivity contribution in [1.82, 2.24) is 5.01 Å². The first-order chi connectivity index (χ1) is 8.21. The molecule has 92 valence electrons. The number of anilines is 1. The maximum absolute atomic E-state index is 11.6. The van der Waals surface area contributed by atoms with Gasteiger partial charge in [-0.15, -0.1) is 16.5 Å². The highest BCUT2D eigenvalue weighted by Crippen LogP contribution is 2.10. The molecule has 0 saturated heterocycles. The number of benzene rings is 1. The molecule has 0 fully saturated rings. The molecular formula is C11H14ClN3O2. The van der Waals surface area contributed by atoms with Crippen molar-refractivity contribution in [3.05, 3.63) is 34.7 Å². The van der Waals surface area contributed by atoms with Crippen molar-refractivity contribution < 1.29 is 4.79 Å². The average Bonchev–Trinajstić information content (AvgIpc) is 2.36. The van der Waals surface area contributed by atoms with Crippen LogP contribution in [0.5, 0.6) is 0 Å². The Hall–Kier alpha value is -1.62. The largest absolute Gasteiger partial charge is 0.344 e. The number of hydrogen-bond acceptors (Lipinski definition) is 3. The van der Waals surface area contributed by atoms with Crippen molar-refractivity contribution in [1.29, 1.82) is 0 Å². The van der Waals surface area contributed by atoms with Crippen LogP contribution in [-0.4, -0.2) is 23.5 Å². The van der Waals surface area contributed by atoms with E-state index in [9.17, 15) is 9.70 Å². The Bertz CT molecular complexity index is 381. The minimum Gasteiger partial charge on any atom is -0.306 e. The number of amides is 2. The minimum absolute atomic E-state index is 0.0872. The number of nitrogens with zero attached hydrogens (tertiary/aromatic N) is 2. The van der Waals surface area contributed by atoms with E-state index in [4.69, 9.17) is 11.6 Å². The van der Waals surface area contributed by atoms with Crippen LogP contribution in [-0.2, 0) is 6.42 Å². The van der Waals surface area contributed by atoms with E-state index in [0.717, 1.165) is 11.4 Å². The Labute approximate surface area is 105 Å². The summed E-state index contributed by atoms with van der Waals surface area (Å²) >= 11 is 5.44. The predicted octanol–water partition coefficient (Wildman–Crippen LogP) is 3.00. The first kappa shape index (κ1) is 13.4. The fraction of sp³-hybridized carbons (Fsp3) is 0.364. The van der Waals surface area contributed by atoms with Gasteiger partial charge in [0.25, 0.3) is 0 Å². The number of nitrogens with one attached hydrogen (secondary N) is 1. The molecular weight excluding hydrogens is 242 g/mol. The number of nitroso groups, excluding NO2 is 1. The molecule has 0 aromatic heterocycles. The maximum atomic E-state index is 11.6. The quantitative estimate of drug-likeness (QED) is 0.499. The Morgan fingerprint density at radius 2 is 2.06 bits per heavy atom. The lowest BCUT2D eigenvalue weighted by Gasteiger charge is -2.12. The van der Waals surface area contributed by atoms with Gasteiger partial charge in [-0.25, -0.2) is 4.79 Å². The number of alkyl halides is 1. The SMILES string of the molecule is CCc1ccc(NC(=O)N(CCCl)N=O)cc1. The zero-order valence-electron chi connectivity index (χ0n) is 9.52. The first-order valence-electron chi connectivity index (χ1n) is 5.28. The number of rotatable bonds is 5. The van der Waals surface area contributed by atoms with E-state index in [2.05, 4.69) is 10.6 Å². The minimum atomic E-state index is -0.579. The fourth-order valence-electron chi connectivity index (χ4n) is 1.27. The molecule has 6 heteroatoms. The van der Waals surface area contributed by atoms with Crippen molar-refractivity contribution in [2.24, 2.45) is 5.29 Å². The molecule has 1 rings (SSSR count). The molecule has 0 aliphatic rings. The highest BCUT2D eigenvalue weighted by atomic mass is 35.5. The maximum Gasteiger partial charge on any atom is 0.344 e. The normalized spacial score (nSPS) is 9.76. The van der Waals surface area contributed by atoms with Crippen LogP contribution >= 0.6 is 11.6 Å². The number of hydrogen-bond donors (Lipinski definition) is 1. The van der Waals surface area contributed by atoms with Gasteiger partial charge in [0, 0.05) is 11.6 Å². The molecule has 0 atom stereocenters. The van der Waals surface area contributed by atoms with E-state index in [1.54, 1.807) is 12.1 Å². The smallest absolute Gasteiger partial charge is 0.306 e. The summed E-state index contributed by atoms with van der Waals surface area (Å²) in [7, 11) is 0. The Morgan fingerprint density at radius 1 is 1.41 bits per heavy atom. The summed E-state index contributed by atoms with van der Waals surface area (Å²) < 4.78 is 0. The van der Waals surface area contributed by atoms with Crippen LogP contribution in [0.15, 0.2) is 29.6 Å².